The molecule has 0 amide bonds. The average molecular weight is 303 g/mol. The van der Waals surface area contributed by atoms with Crippen LogP contribution in [0.15, 0.2) is 0 Å². The van der Waals surface area contributed by atoms with E-state index in [1.807, 2.05) is 16.8 Å². The first-order valence-electron chi connectivity index (χ1n) is 6.45. The number of hydrogen-bond acceptors (Lipinski definition) is 7. The molecule has 120 valence electrons. The molecule has 1 aliphatic heterocycles. The van der Waals surface area contributed by atoms with Gasteiger partial charge in [-0.3, -0.25) is 19.4 Å². The monoisotopic (exact) mass is 303 g/mol. The van der Waals surface area contributed by atoms with Gasteiger partial charge in [0, 0.05) is 39.3 Å². The summed E-state index contributed by atoms with van der Waals surface area (Å²) in [6, 6.07) is 0. The van der Waals surface area contributed by atoms with Gasteiger partial charge in [0.15, 0.2) is 0 Å². The first-order valence-corrected chi connectivity index (χ1v) is 6.45. The van der Waals surface area contributed by atoms with Crippen LogP contribution in [-0.2, 0) is 19.2 Å². The Labute approximate surface area is 122 Å². The van der Waals surface area contributed by atoms with Crippen molar-refractivity contribution in [1.29, 1.82) is 0 Å². The van der Waals surface area contributed by atoms with E-state index in [9.17, 15) is 9.59 Å². The lowest BCUT2D eigenvalue weighted by Gasteiger charge is -2.23. The number of hydrogen-bond donors (Lipinski definition) is 2. The Bertz CT molecular complexity index is 342. The van der Waals surface area contributed by atoms with Crippen LogP contribution in [0.4, 0.5) is 0 Å². The largest absolute Gasteiger partial charge is 0.480 e. The topological polar surface area (TPSA) is 118 Å². The van der Waals surface area contributed by atoms with Crippen molar-refractivity contribution in [1.82, 2.24) is 14.7 Å². The first-order chi connectivity index (χ1) is 9.88. The molecular weight excluding hydrogens is 282 g/mol. The lowest BCUT2D eigenvalue weighted by atomic mass is 10.4. The molecule has 0 aliphatic carbocycles. The smallest absolute Gasteiger partial charge is 0.373 e. The second-order valence-corrected chi connectivity index (χ2v) is 4.73. The molecular formula is C12H21N3O6. The molecule has 0 unspecified atom stereocenters. The number of likely N-dealkylation sites (N-methyl/N-ethyl adjacent to an activating group) is 1. The third kappa shape index (κ3) is 10.6. The number of carboxylic acid groups (broad SMARTS) is 2. The molecule has 1 aliphatic rings. The predicted molar refractivity (Wildman–Crippen MR) is 70.7 cm³/mol. The van der Waals surface area contributed by atoms with Crippen molar-refractivity contribution in [2.24, 2.45) is 0 Å². The third-order valence-corrected chi connectivity index (χ3v) is 3.05. The van der Waals surface area contributed by atoms with Crippen molar-refractivity contribution in [2.45, 2.75) is 0 Å². The highest BCUT2D eigenvalue weighted by atomic mass is 16.4. The van der Waals surface area contributed by atoms with Crippen molar-refractivity contribution in [2.75, 3.05) is 59.4 Å². The molecule has 0 bridgehead atoms. The maximum absolute atomic E-state index is 10.7. The van der Waals surface area contributed by atoms with E-state index >= 15 is 0 Å². The van der Waals surface area contributed by atoms with Crippen molar-refractivity contribution >= 4 is 18.1 Å². The number of rotatable bonds is 4. The van der Waals surface area contributed by atoms with Crippen LogP contribution < -0.4 is 0 Å². The molecule has 0 aromatic rings. The van der Waals surface area contributed by atoms with Gasteiger partial charge >= 0.3 is 18.1 Å². The molecule has 2 N–H and O–H groups in total. The summed E-state index contributed by atoms with van der Waals surface area (Å²) in [5.74, 6) is -1.69. The fourth-order valence-electron chi connectivity index (χ4n) is 1.94. The Balaban J connectivity index is 0.00000122. The Morgan fingerprint density at radius 2 is 1.14 bits per heavy atom. The summed E-state index contributed by atoms with van der Waals surface area (Å²) in [6.45, 7) is 4.19. The standard InChI is InChI=1S/C11H21N3O4.CO2/c1-12-2-4-13(8-10(15)16)6-7-14(5-3-12)9-11(17)18;2-1-3/h2-9H2,1H3,(H,15,16)(H,17,18);. The fourth-order valence-corrected chi connectivity index (χ4v) is 1.94. The Kier molecular flexibility index (Phi) is 9.99. The van der Waals surface area contributed by atoms with Gasteiger partial charge in [-0.05, 0) is 7.05 Å². The van der Waals surface area contributed by atoms with Crippen LogP contribution >= 0.6 is 0 Å². The number of carbonyl (C=O) groups excluding carboxylic acids is 2. The zero-order valence-electron chi connectivity index (χ0n) is 12.0. The van der Waals surface area contributed by atoms with Gasteiger partial charge in [0.2, 0.25) is 0 Å². The summed E-state index contributed by atoms with van der Waals surface area (Å²) in [5.41, 5.74) is 0. The van der Waals surface area contributed by atoms with Crippen LogP contribution in [0.3, 0.4) is 0 Å². The highest BCUT2D eigenvalue weighted by Crippen LogP contribution is 1.99. The van der Waals surface area contributed by atoms with Gasteiger partial charge in [0.25, 0.3) is 0 Å². The van der Waals surface area contributed by atoms with Crippen LogP contribution in [0, 0.1) is 0 Å². The van der Waals surface area contributed by atoms with Gasteiger partial charge in [0.1, 0.15) is 0 Å². The molecule has 9 heteroatoms. The number of nitrogens with zero attached hydrogens (tertiary/aromatic N) is 3. The Morgan fingerprint density at radius 3 is 1.43 bits per heavy atom. The Hall–Kier alpha value is -1.80. The SMILES string of the molecule is CN1CCN(CC(=O)O)CCN(CC(=O)O)CC1.O=C=O. The number of aliphatic carboxylic acids is 2. The molecule has 0 radical (unpaired) electrons. The van der Waals surface area contributed by atoms with E-state index in [2.05, 4.69) is 4.90 Å². The lowest BCUT2D eigenvalue weighted by Crippen LogP contribution is -2.40. The molecule has 0 atom stereocenters. The maximum atomic E-state index is 10.7. The summed E-state index contributed by atoms with van der Waals surface area (Å²) in [5, 5.41) is 17.6. The highest BCUT2D eigenvalue weighted by molar-refractivity contribution is 5.69. The van der Waals surface area contributed by atoms with Gasteiger partial charge in [0.05, 0.1) is 13.1 Å². The molecule has 0 aromatic heterocycles. The van der Waals surface area contributed by atoms with Gasteiger partial charge in [-0.15, -0.1) is 0 Å². The molecule has 0 saturated carbocycles. The zero-order chi connectivity index (χ0) is 16.3. The fraction of sp³-hybridized carbons (Fsp3) is 0.750. The minimum Gasteiger partial charge on any atom is -0.480 e. The zero-order valence-corrected chi connectivity index (χ0v) is 12.0. The van der Waals surface area contributed by atoms with E-state index in [0.29, 0.717) is 26.2 Å². The van der Waals surface area contributed by atoms with Crippen molar-refractivity contribution in [3.05, 3.63) is 0 Å². The second kappa shape index (κ2) is 10.9. The molecule has 1 fully saturated rings. The molecule has 0 aromatic carbocycles. The van der Waals surface area contributed by atoms with Gasteiger partial charge in [-0.1, -0.05) is 0 Å². The maximum Gasteiger partial charge on any atom is 0.373 e. The molecule has 1 heterocycles. The minimum atomic E-state index is -0.846. The minimum absolute atomic E-state index is 0.00868. The second-order valence-electron chi connectivity index (χ2n) is 4.73. The van der Waals surface area contributed by atoms with Crippen molar-refractivity contribution in [3.8, 4) is 0 Å². The van der Waals surface area contributed by atoms with Crippen molar-refractivity contribution in [3.63, 3.8) is 0 Å². The summed E-state index contributed by atoms with van der Waals surface area (Å²) < 4.78 is 0. The number of carbonyl (C=O) groups is 2. The van der Waals surface area contributed by atoms with E-state index < -0.39 is 11.9 Å². The third-order valence-electron chi connectivity index (χ3n) is 3.05. The molecule has 1 saturated heterocycles. The van der Waals surface area contributed by atoms with E-state index in [-0.39, 0.29) is 19.2 Å². The summed E-state index contributed by atoms with van der Waals surface area (Å²) in [7, 11) is 1.96. The predicted octanol–water partition coefficient (Wildman–Crippen LogP) is -1.88. The van der Waals surface area contributed by atoms with Gasteiger partial charge in [-0.25, -0.2) is 0 Å². The van der Waals surface area contributed by atoms with Crippen LogP contribution in [0.5, 0.6) is 0 Å². The van der Waals surface area contributed by atoms with Crippen LogP contribution in [-0.4, -0.2) is 102 Å². The van der Waals surface area contributed by atoms with Crippen molar-refractivity contribution < 1.29 is 29.4 Å². The normalized spacial score (nSPS) is 18.3. The highest BCUT2D eigenvalue weighted by Gasteiger charge is 2.17. The van der Waals surface area contributed by atoms with E-state index in [0.717, 1.165) is 13.1 Å². The van der Waals surface area contributed by atoms with Crippen LogP contribution in [0.2, 0.25) is 0 Å². The van der Waals surface area contributed by atoms with E-state index in [4.69, 9.17) is 19.8 Å². The average Bonchev–Trinajstić information content (AvgIpc) is 2.44. The Morgan fingerprint density at radius 1 is 0.857 bits per heavy atom. The lowest BCUT2D eigenvalue weighted by molar-refractivity contribution is -0.191. The van der Waals surface area contributed by atoms with Crippen LogP contribution in [0.1, 0.15) is 0 Å². The molecule has 0 spiro atoms. The van der Waals surface area contributed by atoms with E-state index in [1.54, 1.807) is 0 Å². The summed E-state index contributed by atoms with van der Waals surface area (Å²) in [6.07, 6.45) is 0.250. The first kappa shape index (κ1) is 19.2. The summed E-state index contributed by atoms with van der Waals surface area (Å²) in [4.78, 5) is 43.5. The quantitative estimate of drug-likeness (QED) is 0.615. The van der Waals surface area contributed by atoms with Crippen LogP contribution in [0.25, 0.3) is 0 Å². The van der Waals surface area contributed by atoms with Gasteiger partial charge < -0.3 is 15.1 Å². The summed E-state index contributed by atoms with van der Waals surface area (Å²) >= 11 is 0. The molecule has 21 heavy (non-hydrogen) atoms. The molecule has 1 rings (SSSR count). The van der Waals surface area contributed by atoms with E-state index in [1.165, 1.54) is 0 Å². The number of carboxylic acids is 2. The van der Waals surface area contributed by atoms with Gasteiger partial charge in [-0.2, -0.15) is 9.59 Å². The molecule has 9 nitrogen and oxygen atoms in total.